The lowest BCUT2D eigenvalue weighted by molar-refractivity contribution is -0.120. The lowest BCUT2D eigenvalue weighted by Crippen LogP contribution is -2.25. The fraction of sp³-hybridized carbons (Fsp3) is 0.238. The Morgan fingerprint density at radius 3 is 2.84 bits per heavy atom. The standard InChI is InChI=1S/C21H22N2O2/c1-14-4-3-5-18(10-14)25-13-16-8-9-23-20(12-16)17-6-7-19(21(22)24)15(2)11-17/h3-6,8-12,19H,7,13H2,1-2H3,(H2,22,24). The van der Waals surface area contributed by atoms with Crippen molar-refractivity contribution in [1.29, 1.82) is 0 Å². The Bertz CT molecular complexity index is 852. The van der Waals surface area contributed by atoms with Crippen molar-refractivity contribution in [1.82, 2.24) is 4.98 Å². The van der Waals surface area contributed by atoms with Crippen molar-refractivity contribution in [2.45, 2.75) is 26.9 Å². The number of nitrogens with two attached hydrogens (primary N) is 1. The predicted octanol–water partition coefficient (Wildman–Crippen LogP) is 3.80. The summed E-state index contributed by atoms with van der Waals surface area (Å²) in [6.07, 6.45) is 6.43. The van der Waals surface area contributed by atoms with Crippen molar-refractivity contribution in [3.63, 3.8) is 0 Å². The lowest BCUT2D eigenvalue weighted by Gasteiger charge is -2.18. The van der Waals surface area contributed by atoms with Crippen LogP contribution in [0.1, 0.15) is 30.2 Å². The van der Waals surface area contributed by atoms with Gasteiger partial charge < -0.3 is 10.5 Å². The summed E-state index contributed by atoms with van der Waals surface area (Å²) in [5.74, 6) is 0.365. The van der Waals surface area contributed by atoms with Crippen molar-refractivity contribution in [2.75, 3.05) is 0 Å². The molecular formula is C21H22N2O2. The summed E-state index contributed by atoms with van der Waals surface area (Å²) in [6.45, 7) is 4.47. The molecule has 0 aliphatic heterocycles. The quantitative estimate of drug-likeness (QED) is 0.904. The van der Waals surface area contributed by atoms with Gasteiger partial charge >= 0.3 is 0 Å². The number of carbonyl (C=O) groups excluding carboxylic acids is 1. The molecule has 1 aliphatic rings. The Hall–Kier alpha value is -2.88. The van der Waals surface area contributed by atoms with Crippen LogP contribution in [0.25, 0.3) is 5.57 Å². The summed E-state index contributed by atoms with van der Waals surface area (Å²) in [4.78, 5) is 15.9. The van der Waals surface area contributed by atoms with E-state index in [-0.39, 0.29) is 11.8 Å². The Morgan fingerprint density at radius 2 is 2.12 bits per heavy atom. The van der Waals surface area contributed by atoms with Gasteiger partial charge in [-0.25, -0.2) is 0 Å². The zero-order chi connectivity index (χ0) is 17.8. The molecule has 3 rings (SSSR count). The van der Waals surface area contributed by atoms with Gasteiger partial charge in [-0.3, -0.25) is 9.78 Å². The maximum Gasteiger partial charge on any atom is 0.224 e. The first kappa shape index (κ1) is 17.0. The van der Waals surface area contributed by atoms with Gasteiger partial charge in [-0.15, -0.1) is 0 Å². The summed E-state index contributed by atoms with van der Waals surface area (Å²) in [5.41, 5.74) is 10.5. The Balaban J connectivity index is 1.73. The van der Waals surface area contributed by atoms with Crippen LogP contribution < -0.4 is 10.5 Å². The van der Waals surface area contributed by atoms with E-state index >= 15 is 0 Å². The Labute approximate surface area is 148 Å². The highest BCUT2D eigenvalue weighted by atomic mass is 16.5. The van der Waals surface area contributed by atoms with Crippen LogP contribution >= 0.6 is 0 Å². The third-order valence-electron chi connectivity index (χ3n) is 4.36. The highest BCUT2D eigenvalue weighted by Gasteiger charge is 2.20. The maximum atomic E-state index is 11.4. The van der Waals surface area contributed by atoms with Crippen LogP contribution in [-0.2, 0) is 11.4 Å². The normalized spacial score (nSPS) is 16.8. The second-order valence-corrected chi connectivity index (χ2v) is 6.39. The topological polar surface area (TPSA) is 65.2 Å². The van der Waals surface area contributed by atoms with E-state index in [0.29, 0.717) is 13.0 Å². The van der Waals surface area contributed by atoms with Crippen LogP contribution in [0, 0.1) is 12.8 Å². The predicted molar refractivity (Wildman–Crippen MR) is 98.8 cm³/mol. The van der Waals surface area contributed by atoms with Gasteiger partial charge in [-0.1, -0.05) is 29.9 Å². The van der Waals surface area contributed by atoms with E-state index in [4.69, 9.17) is 10.5 Å². The third-order valence-corrected chi connectivity index (χ3v) is 4.36. The number of primary amides is 1. The summed E-state index contributed by atoms with van der Waals surface area (Å²) >= 11 is 0. The van der Waals surface area contributed by atoms with Crippen molar-refractivity contribution < 1.29 is 9.53 Å². The number of ether oxygens (including phenoxy) is 1. The van der Waals surface area contributed by atoms with Crippen LogP contribution in [0.5, 0.6) is 5.75 Å². The second kappa shape index (κ2) is 7.34. The average molecular weight is 334 g/mol. The molecule has 25 heavy (non-hydrogen) atoms. The molecule has 1 amide bonds. The van der Waals surface area contributed by atoms with Gasteiger partial charge in [-0.2, -0.15) is 0 Å². The van der Waals surface area contributed by atoms with Gasteiger partial charge in [0.25, 0.3) is 0 Å². The number of amides is 1. The maximum absolute atomic E-state index is 11.4. The number of hydrogen-bond donors (Lipinski definition) is 1. The molecule has 1 aromatic carbocycles. The van der Waals surface area contributed by atoms with Crippen molar-refractivity contribution in [2.24, 2.45) is 11.7 Å². The molecule has 1 aliphatic carbocycles. The van der Waals surface area contributed by atoms with Crippen LogP contribution in [0.2, 0.25) is 0 Å². The molecule has 0 saturated heterocycles. The average Bonchev–Trinajstić information content (AvgIpc) is 2.60. The van der Waals surface area contributed by atoms with Gasteiger partial charge in [0.05, 0.1) is 11.6 Å². The largest absolute Gasteiger partial charge is 0.489 e. The molecule has 4 nitrogen and oxygen atoms in total. The minimum atomic E-state index is -0.280. The molecule has 1 aromatic heterocycles. The second-order valence-electron chi connectivity index (χ2n) is 6.39. The number of hydrogen-bond acceptors (Lipinski definition) is 3. The molecule has 4 heteroatoms. The number of aryl methyl sites for hydroxylation is 1. The van der Waals surface area contributed by atoms with Gasteiger partial charge in [0.1, 0.15) is 12.4 Å². The molecule has 1 unspecified atom stereocenters. The molecule has 0 spiro atoms. The lowest BCUT2D eigenvalue weighted by atomic mass is 9.88. The van der Waals surface area contributed by atoms with Gasteiger partial charge in [-0.05, 0) is 61.2 Å². The number of benzene rings is 1. The first-order valence-electron chi connectivity index (χ1n) is 8.35. The van der Waals surface area contributed by atoms with Crippen molar-refractivity contribution in [3.05, 3.63) is 77.1 Å². The molecule has 1 atom stereocenters. The van der Waals surface area contributed by atoms with E-state index in [1.54, 1.807) is 6.20 Å². The smallest absolute Gasteiger partial charge is 0.224 e. The molecule has 0 radical (unpaired) electrons. The van der Waals surface area contributed by atoms with Crippen LogP contribution in [0.15, 0.2) is 60.3 Å². The zero-order valence-electron chi connectivity index (χ0n) is 14.5. The number of pyridine rings is 1. The van der Waals surface area contributed by atoms with E-state index in [1.807, 2.05) is 62.4 Å². The monoisotopic (exact) mass is 334 g/mol. The molecule has 2 aromatic rings. The summed E-state index contributed by atoms with van der Waals surface area (Å²) in [5, 5.41) is 0. The highest BCUT2D eigenvalue weighted by Crippen LogP contribution is 2.28. The van der Waals surface area contributed by atoms with E-state index in [2.05, 4.69) is 4.98 Å². The van der Waals surface area contributed by atoms with Crippen molar-refractivity contribution in [3.8, 4) is 5.75 Å². The summed E-state index contributed by atoms with van der Waals surface area (Å²) in [6, 6.07) is 12.0. The van der Waals surface area contributed by atoms with Gasteiger partial charge in [0.15, 0.2) is 0 Å². The summed E-state index contributed by atoms with van der Waals surface area (Å²) in [7, 11) is 0. The minimum Gasteiger partial charge on any atom is -0.489 e. The fourth-order valence-corrected chi connectivity index (χ4v) is 2.95. The van der Waals surface area contributed by atoms with Crippen LogP contribution in [0.3, 0.4) is 0 Å². The van der Waals surface area contributed by atoms with Crippen LogP contribution in [0.4, 0.5) is 0 Å². The molecule has 0 fully saturated rings. The molecule has 128 valence electrons. The SMILES string of the molecule is CC1=CC(c2cc(COc3cccc(C)c3)ccn2)=CCC1C(N)=O. The van der Waals surface area contributed by atoms with E-state index in [9.17, 15) is 4.79 Å². The minimum absolute atomic E-state index is 0.211. The zero-order valence-corrected chi connectivity index (χ0v) is 14.5. The number of allylic oxidation sites excluding steroid dienone is 3. The number of rotatable bonds is 5. The number of nitrogens with zero attached hydrogens (tertiary/aromatic N) is 1. The molecule has 0 saturated carbocycles. The Morgan fingerprint density at radius 1 is 1.28 bits per heavy atom. The number of aromatic nitrogens is 1. The first-order chi connectivity index (χ1) is 12.0. The molecule has 1 heterocycles. The third kappa shape index (κ3) is 4.15. The first-order valence-corrected chi connectivity index (χ1v) is 8.35. The van der Waals surface area contributed by atoms with Gasteiger partial charge in [0, 0.05) is 6.20 Å². The fourth-order valence-electron chi connectivity index (χ4n) is 2.95. The van der Waals surface area contributed by atoms with E-state index in [0.717, 1.165) is 28.2 Å². The van der Waals surface area contributed by atoms with Gasteiger partial charge in [0.2, 0.25) is 5.91 Å². The van der Waals surface area contributed by atoms with E-state index in [1.165, 1.54) is 5.56 Å². The van der Waals surface area contributed by atoms with E-state index < -0.39 is 0 Å². The molecular weight excluding hydrogens is 312 g/mol. The molecule has 2 N–H and O–H groups in total. The number of carbonyl (C=O) groups is 1. The van der Waals surface area contributed by atoms with Crippen molar-refractivity contribution >= 4 is 11.5 Å². The highest BCUT2D eigenvalue weighted by molar-refractivity contribution is 5.84. The van der Waals surface area contributed by atoms with Crippen LogP contribution in [-0.4, -0.2) is 10.9 Å². The summed E-state index contributed by atoms with van der Waals surface area (Å²) < 4.78 is 5.86. The Kier molecular flexibility index (Phi) is 4.98. The molecule has 0 bridgehead atoms.